The number of ether oxygens (including phenoxy) is 1. The lowest BCUT2D eigenvalue weighted by Gasteiger charge is -2.31. The second kappa shape index (κ2) is 10.0. The molecule has 1 saturated heterocycles. The van der Waals surface area contributed by atoms with Crippen LogP contribution in [0.3, 0.4) is 0 Å². The number of esters is 1. The van der Waals surface area contributed by atoms with Gasteiger partial charge in [0.1, 0.15) is 0 Å². The predicted octanol–water partition coefficient (Wildman–Crippen LogP) is 2.32. The van der Waals surface area contributed by atoms with Crippen LogP contribution in [-0.4, -0.2) is 78.3 Å². The third-order valence-electron chi connectivity index (χ3n) is 6.70. The molecule has 1 unspecified atom stereocenters. The Labute approximate surface area is 203 Å². The zero-order chi connectivity index (χ0) is 24.4. The number of nitrogens with one attached hydrogen (secondary N) is 1. The third-order valence-corrected chi connectivity index (χ3v) is 6.95. The molecule has 0 radical (unpaired) electrons. The molecule has 4 rings (SSSR count). The number of nitrogens with zero attached hydrogens (tertiary/aromatic N) is 3. The highest BCUT2D eigenvalue weighted by Crippen LogP contribution is 2.36. The topological polar surface area (TPSA) is 99.3 Å². The first kappa shape index (κ1) is 24.1. The van der Waals surface area contributed by atoms with Crippen molar-refractivity contribution in [3.8, 4) is 0 Å². The molecule has 1 N–H and O–H groups in total. The zero-order valence-corrected chi connectivity index (χ0v) is 20.1. The van der Waals surface area contributed by atoms with E-state index in [0.29, 0.717) is 48.8 Å². The van der Waals surface area contributed by atoms with Crippen LogP contribution in [0.25, 0.3) is 0 Å². The SMILES string of the molecule is CCOC(=O)C1CCN(C(=O)CCN2CC3=C(C2=O)C(c2ccc(Cl)cc2)NC(=O)N3C)CC1. The number of likely N-dealkylation sites (N-methyl/N-ethyl adjacent to an activating group) is 1. The molecule has 4 amide bonds. The van der Waals surface area contributed by atoms with Gasteiger partial charge in [-0.2, -0.15) is 0 Å². The van der Waals surface area contributed by atoms with E-state index >= 15 is 0 Å². The maximum Gasteiger partial charge on any atom is 0.322 e. The van der Waals surface area contributed by atoms with Crippen molar-refractivity contribution < 1.29 is 23.9 Å². The van der Waals surface area contributed by atoms with E-state index in [9.17, 15) is 19.2 Å². The van der Waals surface area contributed by atoms with E-state index in [1.807, 2.05) is 0 Å². The second-order valence-electron chi connectivity index (χ2n) is 8.74. The first-order valence-corrected chi connectivity index (χ1v) is 11.9. The van der Waals surface area contributed by atoms with E-state index < -0.39 is 6.04 Å². The van der Waals surface area contributed by atoms with Crippen LogP contribution in [0, 0.1) is 5.92 Å². The average molecular weight is 489 g/mol. The predicted molar refractivity (Wildman–Crippen MR) is 125 cm³/mol. The van der Waals surface area contributed by atoms with Gasteiger partial charge in [-0.15, -0.1) is 0 Å². The molecule has 3 aliphatic heterocycles. The molecular formula is C24H29ClN4O5. The number of amides is 4. The highest BCUT2D eigenvalue weighted by atomic mass is 35.5. The molecule has 34 heavy (non-hydrogen) atoms. The van der Waals surface area contributed by atoms with Crippen LogP contribution in [0.15, 0.2) is 35.5 Å². The fourth-order valence-corrected chi connectivity index (χ4v) is 4.85. The number of hydrogen-bond donors (Lipinski definition) is 1. The number of carbonyl (C=O) groups is 4. The summed E-state index contributed by atoms with van der Waals surface area (Å²) in [4.78, 5) is 55.3. The number of piperidine rings is 1. The highest BCUT2D eigenvalue weighted by molar-refractivity contribution is 6.30. The Morgan fingerprint density at radius 1 is 1.15 bits per heavy atom. The quantitative estimate of drug-likeness (QED) is 0.619. The van der Waals surface area contributed by atoms with E-state index in [1.54, 1.807) is 48.0 Å². The van der Waals surface area contributed by atoms with Crippen molar-refractivity contribution in [2.75, 3.05) is 39.8 Å². The first-order valence-electron chi connectivity index (χ1n) is 11.6. The number of halogens is 1. The molecule has 0 bridgehead atoms. The lowest BCUT2D eigenvalue weighted by Crippen LogP contribution is -2.45. The number of hydrogen-bond acceptors (Lipinski definition) is 5. The van der Waals surface area contributed by atoms with Gasteiger partial charge >= 0.3 is 12.0 Å². The molecule has 9 nitrogen and oxygen atoms in total. The minimum Gasteiger partial charge on any atom is -0.466 e. The summed E-state index contributed by atoms with van der Waals surface area (Å²) in [6, 6.07) is 6.19. The fourth-order valence-electron chi connectivity index (χ4n) is 4.72. The van der Waals surface area contributed by atoms with E-state index in [4.69, 9.17) is 16.3 Å². The Hall–Kier alpha value is -3.07. The smallest absolute Gasteiger partial charge is 0.322 e. The number of carbonyl (C=O) groups excluding carboxylic acids is 4. The summed E-state index contributed by atoms with van der Waals surface area (Å²) in [6.45, 7) is 3.69. The fraction of sp³-hybridized carbons (Fsp3) is 0.500. The summed E-state index contributed by atoms with van der Waals surface area (Å²) in [5.41, 5.74) is 1.94. The number of rotatable bonds is 6. The van der Waals surface area contributed by atoms with Gasteiger partial charge in [-0.3, -0.25) is 19.3 Å². The van der Waals surface area contributed by atoms with Gasteiger partial charge in [0.2, 0.25) is 5.91 Å². The zero-order valence-electron chi connectivity index (χ0n) is 19.4. The summed E-state index contributed by atoms with van der Waals surface area (Å²) in [7, 11) is 1.64. The van der Waals surface area contributed by atoms with Crippen molar-refractivity contribution >= 4 is 35.4 Å². The standard InChI is InChI=1S/C24H29ClN4O5/c1-3-34-23(32)16-8-11-28(12-9-16)19(30)10-13-29-14-18-20(22(29)31)21(26-24(33)27(18)2)15-4-6-17(25)7-5-15/h4-7,16,21H,3,8-14H2,1-2H3,(H,26,33). The molecule has 1 atom stereocenters. The molecule has 1 aromatic rings. The van der Waals surface area contributed by atoms with Gasteiger partial charge < -0.3 is 19.9 Å². The normalized spacial score (nSPS) is 21.0. The van der Waals surface area contributed by atoms with Gasteiger partial charge in [0.25, 0.3) is 5.91 Å². The molecular weight excluding hydrogens is 460 g/mol. The minimum absolute atomic E-state index is 0.0446. The lowest BCUT2D eigenvalue weighted by atomic mass is 9.96. The highest BCUT2D eigenvalue weighted by Gasteiger charge is 2.43. The molecule has 0 aromatic heterocycles. The van der Waals surface area contributed by atoms with Crippen molar-refractivity contribution in [1.82, 2.24) is 20.0 Å². The van der Waals surface area contributed by atoms with Crippen molar-refractivity contribution in [2.24, 2.45) is 5.92 Å². The van der Waals surface area contributed by atoms with Crippen molar-refractivity contribution in [3.63, 3.8) is 0 Å². The summed E-state index contributed by atoms with van der Waals surface area (Å²) in [5, 5.41) is 3.46. The Balaban J connectivity index is 1.37. The van der Waals surface area contributed by atoms with Gasteiger partial charge in [0, 0.05) is 38.1 Å². The summed E-state index contributed by atoms with van der Waals surface area (Å²) < 4.78 is 5.08. The van der Waals surface area contributed by atoms with Gasteiger partial charge in [0.05, 0.1) is 36.4 Å². The summed E-state index contributed by atoms with van der Waals surface area (Å²) in [6.07, 6.45) is 1.36. The Morgan fingerprint density at radius 3 is 2.47 bits per heavy atom. The largest absolute Gasteiger partial charge is 0.466 e. The van der Waals surface area contributed by atoms with Gasteiger partial charge in [-0.25, -0.2) is 4.79 Å². The Morgan fingerprint density at radius 2 is 1.82 bits per heavy atom. The molecule has 1 fully saturated rings. The molecule has 0 aliphatic carbocycles. The second-order valence-corrected chi connectivity index (χ2v) is 9.17. The van der Waals surface area contributed by atoms with Crippen LogP contribution < -0.4 is 5.32 Å². The number of likely N-dealkylation sites (tertiary alicyclic amines) is 1. The number of benzene rings is 1. The summed E-state index contributed by atoms with van der Waals surface area (Å²) in [5.74, 6) is -0.589. The molecule has 0 spiro atoms. The van der Waals surface area contributed by atoms with E-state index in [0.717, 1.165) is 5.56 Å². The van der Waals surface area contributed by atoms with Gasteiger partial charge in [0.15, 0.2) is 0 Å². The van der Waals surface area contributed by atoms with Crippen molar-refractivity contribution in [3.05, 3.63) is 46.1 Å². The van der Waals surface area contributed by atoms with Crippen LogP contribution in [-0.2, 0) is 19.1 Å². The number of urea groups is 1. The minimum atomic E-state index is -0.564. The molecule has 0 saturated carbocycles. The van der Waals surface area contributed by atoms with E-state index in [1.165, 1.54) is 4.90 Å². The summed E-state index contributed by atoms with van der Waals surface area (Å²) >= 11 is 6.00. The maximum absolute atomic E-state index is 13.3. The Bertz CT molecular complexity index is 1020. The van der Waals surface area contributed by atoms with Crippen LogP contribution in [0.5, 0.6) is 0 Å². The molecule has 10 heteroatoms. The third kappa shape index (κ3) is 4.75. The molecule has 3 heterocycles. The Kier molecular flexibility index (Phi) is 7.11. The monoisotopic (exact) mass is 488 g/mol. The van der Waals surface area contributed by atoms with Gasteiger partial charge in [-0.05, 0) is 37.5 Å². The van der Waals surface area contributed by atoms with Crippen molar-refractivity contribution in [1.29, 1.82) is 0 Å². The van der Waals surface area contributed by atoms with Crippen LogP contribution >= 0.6 is 11.6 Å². The van der Waals surface area contributed by atoms with Crippen LogP contribution in [0.1, 0.15) is 37.8 Å². The van der Waals surface area contributed by atoms with Crippen LogP contribution in [0.2, 0.25) is 5.02 Å². The van der Waals surface area contributed by atoms with E-state index in [2.05, 4.69) is 5.32 Å². The molecule has 1 aromatic carbocycles. The van der Waals surface area contributed by atoms with Gasteiger partial charge in [-0.1, -0.05) is 23.7 Å². The van der Waals surface area contributed by atoms with E-state index in [-0.39, 0.29) is 49.2 Å². The lowest BCUT2D eigenvalue weighted by molar-refractivity contribution is -0.151. The van der Waals surface area contributed by atoms with Crippen molar-refractivity contribution in [2.45, 2.75) is 32.2 Å². The molecule has 182 valence electrons. The average Bonchev–Trinajstić information content (AvgIpc) is 3.17. The van der Waals surface area contributed by atoms with Crippen LogP contribution in [0.4, 0.5) is 4.79 Å². The molecule has 3 aliphatic rings. The maximum atomic E-state index is 13.3. The first-order chi connectivity index (χ1) is 16.3.